The number of benzene rings is 2. The van der Waals surface area contributed by atoms with Crippen LogP contribution in [0, 0.1) is 12.7 Å². The Morgan fingerprint density at radius 3 is 2.48 bits per heavy atom. The Bertz CT molecular complexity index is 1460. The lowest BCUT2D eigenvalue weighted by Gasteiger charge is -2.36. The van der Waals surface area contributed by atoms with E-state index in [-0.39, 0.29) is 17.6 Å². The third-order valence-electron chi connectivity index (χ3n) is 7.25. The van der Waals surface area contributed by atoms with Gasteiger partial charge < -0.3 is 19.3 Å². The van der Waals surface area contributed by atoms with Gasteiger partial charge in [-0.2, -0.15) is 0 Å². The van der Waals surface area contributed by atoms with Crippen LogP contribution in [0.5, 0.6) is 0 Å². The highest BCUT2D eigenvalue weighted by Crippen LogP contribution is 2.22. The molecule has 0 atom stereocenters. The number of aryl methyl sites for hydroxylation is 1. The van der Waals surface area contributed by atoms with Crippen molar-refractivity contribution in [3.05, 3.63) is 106 Å². The molecule has 0 aliphatic carbocycles. The van der Waals surface area contributed by atoms with E-state index >= 15 is 0 Å². The molecule has 7 nitrogen and oxygen atoms in total. The molecule has 5 rings (SSSR count). The van der Waals surface area contributed by atoms with Gasteiger partial charge in [-0.3, -0.25) is 9.59 Å². The first-order valence-electron chi connectivity index (χ1n) is 13.7. The van der Waals surface area contributed by atoms with Gasteiger partial charge in [-0.15, -0.1) is 11.3 Å². The SMILES string of the molecule is CCCN(Cc1cccn1Cc1nc(C(=O)N2CCN(c3ccccc3C)CC2)cs1)C(=O)c1ccc(F)cc1. The average molecular weight is 560 g/mol. The largest absolute Gasteiger partial charge is 0.368 e. The second-order valence-electron chi connectivity index (χ2n) is 10.1. The summed E-state index contributed by atoms with van der Waals surface area (Å²) in [5, 5.41) is 2.68. The smallest absolute Gasteiger partial charge is 0.273 e. The molecule has 0 radical (unpaired) electrons. The van der Waals surface area contributed by atoms with Gasteiger partial charge in [0.25, 0.3) is 11.8 Å². The number of carbonyl (C=O) groups is 2. The molecule has 0 bridgehead atoms. The molecule has 1 aliphatic rings. The molecule has 0 N–H and O–H groups in total. The number of halogens is 1. The zero-order chi connectivity index (χ0) is 28.1. The minimum absolute atomic E-state index is 0.0290. The molecule has 0 unspecified atom stereocenters. The highest BCUT2D eigenvalue weighted by molar-refractivity contribution is 7.09. The van der Waals surface area contributed by atoms with Gasteiger partial charge in [-0.1, -0.05) is 25.1 Å². The molecule has 9 heteroatoms. The number of hydrogen-bond acceptors (Lipinski definition) is 5. The maximum Gasteiger partial charge on any atom is 0.273 e. The van der Waals surface area contributed by atoms with E-state index in [1.165, 1.54) is 46.9 Å². The highest BCUT2D eigenvalue weighted by atomic mass is 32.1. The van der Waals surface area contributed by atoms with E-state index in [1.807, 2.05) is 41.6 Å². The number of hydrogen-bond donors (Lipinski definition) is 0. The summed E-state index contributed by atoms with van der Waals surface area (Å²) < 4.78 is 15.4. The molecular weight excluding hydrogens is 525 g/mol. The minimum Gasteiger partial charge on any atom is -0.368 e. The number of rotatable bonds is 9. The summed E-state index contributed by atoms with van der Waals surface area (Å²) in [5.41, 5.74) is 4.39. The fourth-order valence-electron chi connectivity index (χ4n) is 5.10. The number of carbonyl (C=O) groups excluding carboxylic acids is 2. The Labute approximate surface area is 238 Å². The number of nitrogens with zero attached hydrogens (tertiary/aromatic N) is 5. The van der Waals surface area contributed by atoms with E-state index in [0.717, 1.165) is 30.2 Å². The Hall–Kier alpha value is -3.98. The molecule has 40 heavy (non-hydrogen) atoms. The Morgan fingerprint density at radius 1 is 1.00 bits per heavy atom. The highest BCUT2D eigenvalue weighted by Gasteiger charge is 2.25. The van der Waals surface area contributed by atoms with Crippen molar-refractivity contribution in [1.82, 2.24) is 19.4 Å². The van der Waals surface area contributed by atoms with Crippen LogP contribution in [0.1, 0.15) is 50.5 Å². The van der Waals surface area contributed by atoms with Gasteiger partial charge in [0, 0.05) is 61.2 Å². The van der Waals surface area contributed by atoms with E-state index in [2.05, 4.69) is 39.6 Å². The lowest BCUT2D eigenvalue weighted by molar-refractivity contribution is 0.0732. The minimum atomic E-state index is -0.363. The van der Waals surface area contributed by atoms with Gasteiger partial charge in [0.1, 0.15) is 16.5 Å². The van der Waals surface area contributed by atoms with Crippen molar-refractivity contribution in [2.24, 2.45) is 0 Å². The van der Waals surface area contributed by atoms with Gasteiger partial charge in [-0.05, 0) is 61.4 Å². The van der Waals surface area contributed by atoms with Gasteiger partial charge in [-0.25, -0.2) is 9.37 Å². The summed E-state index contributed by atoms with van der Waals surface area (Å²) in [6, 6.07) is 18.0. The van der Waals surface area contributed by atoms with Crippen LogP contribution in [0.2, 0.25) is 0 Å². The molecular formula is C31H34FN5O2S. The lowest BCUT2D eigenvalue weighted by atomic mass is 10.1. The predicted molar refractivity (Wildman–Crippen MR) is 156 cm³/mol. The third-order valence-corrected chi connectivity index (χ3v) is 8.08. The molecule has 0 spiro atoms. The number of aromatic nitrogens is 2. The second-order valence-corrected chi connectivity index (χ2v) is 11.0. The van der Waals surface area contributed by atoms with Crippen molar-refractivity contribution in [2.45, 2.75) is 33.4 Å². The number of anilines is 1. The molecule has 2 aromatic heterocycles. The first-order chi connectivity index (χ1) is 19.4. The predicted octanol–water partition coefficient (Wildman–Crippen LogP) is 5.46. The first kappa shape index (κ1) is 27.6. The van der Waals surface area contributed by atoms with Crippen molar-refractivity contribution in [2.75, 3.05) is 37.6 Å². The van der Waals surface area contributed by atoms with E-state index in [9.17, 15) is 14.0 Å². The molecule has 4 aromatic rings. The monoisotopic (exact) mass is 559 g/mol. The van der Waals surface area contributed by atoms with Gasteiger partial charge in [0.05, 0.1) is 13.1 Å². The van der Waals surface area contributed by atoms with Gasteiger partial charge >= 0.3 is 0 Å². The van der Waals surface area contributed by atoms with Crippen LogP contribution in [0.3, 0.4) is 0 Å². The topological polar surface area (TPSA) is 61.7 Å². The van der Waals surface area contributed by atoms with Crippen LogP contribution in [0.4, 0.5) is 10.1 Å². The van der Waals surface area contributed by atoms with Crippen LogP contribution >= 0.6 is 11.3 Å². The Kier molecular flexibility index (Phi) is 8.60. The molecule has 2 aromatic carbocycles. The van der Waals surface area contributed by atoms with E-state index < -0.39 is 0 Å². The Morgan fingerprint density at radius 2 is 1.75 bits per heavy atom. The number of piperazine rings is 1. The summed E-state index contributed by atoms with van der Waals surface area (Å²) in [4.78, 5) is 37.0. The van der Waals surface area contributed by atoms with Gasteiger partial charge in [0.15, 0.2) is 0 Å². The maximum absolute atomic E-state index is 13.4. The van der Waals surface area contributed by atoms with Crippen molar-refractivity contribution in [3.8, 4) is 0 Å². The van der Waals surface area contributed by atoms with Crippen LogP contribution in [0.25, 0.3) is 0 Å². The summed E-state index contributed by atoms with van der Waals surface area (Å²) in [6.45, 7) is 8.61. The van der Waals surface area contributed by atoms with Crippen LogP contribution in [-0.4, -0.2) is 63.9 Å². The molecule has 1 fully saturated rings. The molecule has 3 heterocycles. The van der Waals surface area contributed by atoms with E-state index in [4.69, 9.17) is 0 Å². The Balaban J connectivity index is 1.21. The zero-order valence-electron chi connectivity index (χ0n) is 22.9. The summed E-state index contributed by atoms with van der Waals surface area (Å²) in [6.07, 6.45) is 2.78. The third kappa shape index (κ3) is 6.25. The van der Waals surface area contributed by atoms with Crippen LogP contribution in [0.15, 0.2) is 72.2 Å². The normalized spacial score (nSPS) is 13.5. The second kappa shape index (κ2) is 12.5. The number of amides is 2. The fourth-order valence-corrected chi connectivity index (χ4v) is 5.86. The maximum atomic E-state index is 13.4. The number of thiazole rings is 1. The molecule has 0 saturated carbocycles. The molecule has 208 valence electrons. The fraction of sp³-hybridized carbons (Fsp3) is 0.323. The quantitative estimate of drug-likeness (QED) is 0.274. The molecule has 2 amide bonds. The van der Waals surface area contributed by atoms with Crippen molar-refractivity contribution in [1.29, 1.82) is 0 Å². The standard InChI is InChI=1S/C31H34FN5O2S/c1-3-14-37(30(38)24-10-12-25(32)13-11-24)20-26-8-6-15-36(26)21-29-33-27(22-40-29)31(39)35-18-16-34(17-19-35)28-9-5-4-7-23(28)2/h4-13,15,22H,3,14,16-21H2,1-2H3. The van der Waals surface area contributed by atoms with Crippen LogP contribution < -0.4 is 4.90 Å². The van der Waals surface area contributed by atoms with Crippen molar-refractivity contribution < 1.29 is 14.0 Å². The summed E-state index contributed by atoms with van der Waals surface area (Å²) in [7, 11) is 0. The molecule has 1 saturated heterocycles. The van der Waals surface area contributed by atoms with Crippen molar-refractivity contribution in [3.63, 3.8) is 0 Å². The van der Waals surface area contributed by atoms with E-state index in [0.29, 0.717) is 44.0 Å². The van der Waals surface area contributed by atoms with Gasteiger partial charge in [0.2, 0.25) is 0 Å². The summed E-state index contributed by atoms with van der Waals surface area (Å²) in [5.74, 6) is -0.517. The van der Waals surface area contributed by atoms with Crippen LogP contribution in [-0.2, 0) is 13.1 Å². The average Bonchev–Trinajstić information content (AvgIpc) is 3.62. The zero-order valence-corrected chi connectivity index (χ0v) is 23.7. The number of para-hydroxylation sites is 1. The molecule has 1 aliphatic heterocycles. The first-order valence-corrected chi connectivity index (χ1v) is 14.5. The summed E-state index contributed by atoms with van der Waals surface area (Å²) >= 11 is 1.48. The lowest BCUT2D eigenvalue weighted by Crippen LogP contribution is -2.49. The van der Waals surface area contributed by atoms with Crippen molar-refractivity contribution >= 4 is 28.8 Å². The van der Waals surface area contributed by atoms with E-state index in [1.54, 1.807) is 4.90 Å².